The van der Waals surface area contributed by atoms with Crippen molar-refractivity contribution in [2.24, 2.45) is 0 Å². The largest absolute Gasteiger partial charge is 0.482 e. The van der Waals surface area contributed by atoms with Crippen molar-refractivity contribution in [3.05, 3.63) is 72.8 Å². The highest BCUT2D eigenvalue weighted by atomic mass is 32.1. The van der Waals surface area contributed by atoms with Crippen LogP contribution in [0.1, 0.15) is 0 Å². The van der Waals surface area contributed by atoms with E-state index in [0.29, 0.717) is 11.5 Å². The Morgan fingerprint density at radius 3 is 2.32 bits per heavy atom. The SMILES string of the molecule is COC(=O)COc1ccc(-c2c3ccc(OCC(=O)O)cc3cc3sc4ccccc4c23)cc1. The van der Waals surface area contributed by atoms with Crippen LogP contribution in [0.4, 0.5) is 0 Å². The molecule has 170 valence electrons. The maximum absolute atomic E-state index is 11.4. The quantitative estimate of drug-likeness (QED) is 0.298. The summed E-state index contributed by atoms with van der Waals surface area (Å²) < 4.78 is 17.9. The average molecular weight is 473 g/mol. The number of ether oxygens (including phenoxy) is 3. The highest BCUT2D eigenvalue weighted by Gasteiger charge is 2.16. The summed E-state index contributed by atoms with van der Waals surface area (Å²) in [5.41, 5.74) is 2.08. The topological polar surface area (TPSA) is 82.1 Å². The first-order valence-corrected chi connectivity index (χ1v) is 11.4. The minimum atomic E-state index is -1.02. The van der Waals surface area contributed by atoms with Crippen LogP contribution < -0.4 is 9.47 Å². The van der Waals surface area contributed by atoms with Gasteiger partial charge in [-0.3, -0.25) is 0 Å². The number of carbonyl (C=O) groups excluding carboxylic acids is 1. The molecular formula is C27H20O6S. The van der Waals surface area contributed by atoms with Crippen LogP contribution in [-0.2, 0) is 14.3 Å². The van der Waals surface area contributed by atoms with Gasteiger partial charge in [-0.1, -0.05) is 36.4 Å². The number of aliphatic carboxylic acids is 1. The lowest BCUT2D eigenvalue weighted by Gasteiger charge is -2.13. The van der Waals surface area contributed by atoms with Crippen LogP contribution in [0.2, 0.25) is 0 Å². The number of hydrogen-bond donors (Lipinski definition) is 1. The lowest BCUT2D eigenvalue weighted by molar-refractivity contribution is -0.143. The molecule has 34 heavy (non-hydrogen) atoms. The van der Waals surface area contributed by atoms with Gasteiger partial charge in [-0.05, 0) is 58.3 Å². The van der Waals surface area contributed by atoms with E-state index < -0.39 is 18.5 Å². The van der Waals surface area contributed by atoms with Gasteiger partial charge in [0.15, 0.2) is 13.2 Å². The molecule has 0 aliphatic heterocycles. The van der Waals surface area contributed by atoms with Crippen LogP contribution in [0.3, 0.4) is 0 Å². The van der Waals surface area contributed by atoms with Crippen molar-refractivity contribution in [2.75, 3.05) is 20.3 Å². The lowest BCUT2D eigenvalue weighted by Crippen LogP contribution is -2.12. The predicted molar refractivity (Wildman–Crippen MR) is 133 cm³/mol. The molecular weight excluding hydrogens is 452 g/mol. The molecule has 0 spiro atoms. The summed E-state index contributed by atoms with van der Waals surface area (Å²) in [6.07, 6.45) is 0. The maximum Gasteiger partial charge on any atom is 0.343 e. The molecule has 1 N–H and O–H groups in total. The number of fused-ring (bicyclic) bond motifs is 4. The van der Waals surface area contributed by atoms with E-state index in [-0.39, 0.29) is 6.61 Å². The molecule has 0 unspecified atom stereocenters. The number of esters is 1. The Labute approximate surface area is 198 Å². The summed E-state index contributed by atoms with van der Waals surface area (Å²) in [6, 6.07) is 23.7. The number of rotatable bonds is 7. The van der Waals surface area contributed by atoms with Crippen molar-refractivity contribution < 1.29 is 28.9 Å². The van der Waals surface area contributed by atoms with Gasteiger partial charge in [0, 0.05) is 20.2 Å². The second-order valence-corrected chi connectivity index (χ2v) is 8.76. The number of hydrogen-bond acceptors (Lipinski definition) is 6. The maximum atomic E-state index is 11.4. The number of methoxy groups -OCH3 is 1. The van der Waals surface area contributed by atoms with E-state index in [1.54, 1.807) is 17.4 Å². The third kappa shape index (κ3) is 4.13. The zero-order valence-corrected chi connectivity index (χ0v) is 19.1. The Kier molecular flexibility index (Phi) is 5.77. The Hall–Kier alpha value is -4.10. The summed E-state index contributed by atoms with van der Waals surface area (Å²) in [5.74, 6) is -0.376. The molecule has 0 aliphatic rings. The summed E-state index contributed by atoms with van der Waals surface area (Å²) >= 11 is 1.72. The monoisotopic (exact) mass is 472 g/mol. The lowest BCUT2D eigenvalue weighted by atomic mass is 9.93. The van der Waals surface area contributed by atoms with Gasteiger partial charge < -0.3 is 19.3 Å². The van der Waals surface area contributed by atoms with E-state index in [9.17, 15) is 9.59 Å². The zero-order chi connectivity index (χ0) is 23.7. The molecule has 5 rings (SSSR count). The molecule has 0 amide bonds. The van der Waals surface area contributed by atoms with Gasteiger partial charge in [-0.15, -0.1) is 11.3 Å². The number of carboxylic acid groups (broad SMARTS) is 1. The first-order valence-electron chi connectivity index (χ1n) is 10.6. The summed E-state index contributed by atoms with van der Waals surface area (Å²) in [7, 11) is 1.32. The molecule has 1 heterocycles. The minimum Gasteiger partial charge on any atom is -0.482 e. The Bertz CT molecular complexity index is 1530. The predicted octanol–water partition coefficient (Wildman–Crippen LogP) is 5.89. The molecule has 1 aromatic heterocycles. The van der Waals surface area contributed by atoms with Gasteiger partial charge in [0.1, 0.15) is 11.5 Å². The molecule has 0 radical (unpaired) electrons. The first kappa shape index (κ1) is 21.7. The number of thiophene rings is 1. The second kappa shape index (κ2) is 9.03. The van der Waals surface area contributed by atoms with E-state index in [1.807, 2.05) is 48.5 Å². The smallest absolute Gasteiger partial charge is 0.343 e. The molecule has 7 heteroatoms. The summed E-state index contributed by atoms with van der Waals surface area (Å²) in [6.45, 7) is -0.542. The third-order valence-corrected chi connectivity index (χ3v) is 6.66. The van der Waals surface area contributed by atoms with Crippen molar-refractivity contribution >= 4 is 54.2 Å². The number of carboxylic acids is 1. The number of carbonyl (C=O) groups is 2. The van der Waals surface area contributed by atoms with Crippen LogP contribution in [0.5, 0.6) is 11.5 Å². The molecule has 0 atom stereocenters. The molecule has 0 bridgehead atoms. The Morgan fingerprint density at radius 1 is 0.824 bits per heavy atom. The molecule has 0 fully saturated rings. The molecule has 0 aliphatic carbocycles. The Balaban J connectivity index is 1.67. The van der Waals surface area contributed by atoms with Crippen molar-refractivity contribution in [3.8, 4) is 22.6 Å². The fourth-order valence-electron chi connectivity index (χ4n) is 4.04. The van der Waals surface area contributed by atoms with E-state index in [1.165, 1.54) is 17.2 Å². The van der Waals surface area contributed by atoms with Gasteiger partial charge >= 0.3 is 11.9 Å². The van der Waals surface area contributed by atoms with Crippen LogP contribution >= 0.6 is 11.3 Å². The van der Waals surface area contributed by atoms with Gasteiger partial charge in [0.2, 0.25) is 0 Å². The highest BCUT2D eigenvalue weighted by molar-refractivity contribution is 7.26. The van der Waals surface area contributed by atoms with Gasteiger partial charge in [0.05, 0.1) is 7.11 Å². The zero-order valence-electron chi connectivity index (χ0n) is 18.2. The average Bonchev–Trinajstić information content (AvgIpc) is 3.22. The van der Waals surface area contributed by atoms with Crippen molar-refractivity contribution in [3.63, 3.8) is 0 Å². The summed E-state index contributed by atoms with van der Waals surface area (Å²) in [5, 5.41) is 13.3. The van der Waals surface area contributed by atoms with E-state index in [4.69, 9.17) is 14.6 Å². The van der Waals surface area contributed by atoms with Crippen LogP contribution in [0, 0.1) is 0 Å². The second-order valence-electron chi connectivity index (χ2n) is 7.68. The molecule has 0 saturated carbocycles. The molecule has 5 aromatic rings. The van der Waals surface area contributed by atoms with Crippen molar-refractivity contribution in [2.45, 2.75) is 0 Å². The van der Waals surface area contributed by atoms with Crippen LogP contribution in [0.25, 0.3) is 42.1 Å². The van der Waals surface area contributed by atoms with Gasteiger partial charge in [-0.2, -0.15) is 0 Å². The minimum absolute atomic E-state index is 0.150. The highest BCUT2D eigenvalue weighted by Crippen LogP contribution is 2.45. The summed E-state index contributed by atoms with van der Waals surface area (Å²) in [4.78, 5) is 22.3. The number of benzene rings is 4. The van der Waals surface area contributed by atoms with Crippen molar-refractivity contribution in [1.29, 1.82) is 0 Å². The van der Waals surface area contributed by atoms with E-state index in [0.717, 1.165) is 32.0 Å². The van der Waals surface area contributed by atoms with Gasteiger partial charge in [0.25, 0.3) is 0 Å². The molecule has 6 nitrogen and oxygen atoms in total. The van der Waals surface area contributed by atoms with Gasteiger partial charge in [-0.25, -0.2) is 9.59 Å². The first-order chi connectivity index (χ1) is 16.5. The Morgan fingerprint density at radius 2 is 1.56 bits per heavy atom. The van der Waals surface area contributed by atoms with Crippen LogP contribution in [-0.4, -0.2) is 37.4 Å². The fraction of sp³-hybridized carbons (Fsp3) is 0.111. The van der Waals surface area contributed by atoms with Crippen LogP contribution in [0.15, 0.2) is 72.8 Å². The van der Waals surface area contributed by atoms with E-state index in [2.05, 4.69) is 22.9 Å². The molecule has 4 aromatic carbocycles. The normalized spacial score (nSPS) is 11.1. The fourth-order valence-corrected chi connectivity index (χ4v) is 5.20. The third-order valence-electron chi connectivity index (χ3n) is 5.54. The molecule has 0 saturated heterocycles. The standard InChI is InChI=1S/C27H20O6S/c1-31-25(30)15-33-18-8-6-16(7-9-18)26-20-11-10-19(32-14-24(28)29)12-17(20)13-23-27(26)21-4-2-3-5-22(21)34-23/h2-13H,14-15H2,1H3,(H,28,29). The van der Waals surface area contributed by atoms with Crippen molar-refractivity contribution in [1.82, 2.24) is 0 Å². The van der Waals surface area contributed by atoms with E-state index >= 15 is 0 Å².